The first-order valence-corrected chi connectivity index (χ1v) is 6.00. The molecule has 2 heterocycles. The van der Waals surface area contributed by atoms with Gasteiger partial charge in [0.2, 0.25) is 11.8 Å². The van der Waals surface area contributed by atoms with Crippen molar-refractivity contribution in [2.75, 3.05) is 11.9 Å². The highest BCUT2D eigenvalue weighted by Gasteiger charge is 2.32. The number of nitrogens with one attached hydrogen (secondary N) is 1. The van der Waals surface area contributed by atoms with E-state index in [-0.39, 0.29) is 17.9 Å². The number of rotatable bonds is 3. The Morgan fingerprint density at radius 3 is 2.62 bits per heavy atom. The smallest absolute Gasteiger partial charge is 0.236 e. The van der Waals surface area contributed by atoms with E-state index in [1.807, 2.05) is 19.4 Å². The van der Waals surface area contributed by atoms with Gasteiger partial charge in [0, 0.05) is 24.3 Å². The monoisotopic (exact) mass is 239 g/mol. The predicted molar refractivity (Wildman–Crippen MR) is 61.3 cm³/mol. The maximum absolute atomic E-state index is 11.5. The van der Waals surface area contributed by atoms with Crippen LogP contribution in [0.3, 0.4) is 0 Å². The molecule has 1 aromatic rings. The Balaban J connectivity index is 2.24. The molecule has 86 valence electrons. The van der Waals surface area contributed by atoms with Gasteiger partial charge >= 0.3 is 0 Å². The van der Waals surface area contributed by atoms with Crippen LogP contribution >= 0.6 is 11.3 Å². The molecule has 16 heavy (non-hydrogen) atoms. The van der Waals surface area contributed by atoms with Crippen molar-refractivity contribution < 1.29 is 9.59 Å². The highest BCUT2D eigenvalue weighted by atomic mass is 32.1. The van der Waals surface area contributed by atoms with Crippen molar-refractivity contribution in [2.24, 2.45) is 0 Å². The second kappa shape index (κ2) is 4.31. The molecule has 5 nitrogen and oxygen atoms in total. The summed E-state index contributed by atoms with van der Waals surface area (Å²) in [5.41, 5.74) is 0.856. The lowest BCUT2D eigenvalue weighted by Crippen LogP contribution is -2.28. The van der Waals surface area contributed by atoms with Gasteiger partial charge < -0.3 is 5.32 Å². The van der Waals surface area contributed by atoms with Crippen LogP contribution in [-0.4, -0.2) is 23.8 Å². The van der Waals surface area contributed by atoms with Crippen LogP contribution in [0.4, 0.5) is 5.13 Å². The van der Waals surface area contributed by atoms with Crippen LogP contribution < -0.4 is 10.2 Å². The normalized spacial score (nSPS) is 18.2. The van der Waals surface area contributed by atoms with E-state index in [2.05, 4.69) is 10.3 Å². The minimum absolute atomic E-state index is 0.123. The number of amides is 2. The van der Waals surface area contributed by atoms with Crippen LogP contribution in [0.2, 0.25) is 0 Å². The number of anilines is 1. The van der Waals surface area contributed by atoms with E-state index < -0.39 is 0 Å². The van der Waals surface area contributed by atoms with Gasteiger partial charge in [-0.1, -0.05) is 0 Å². The largest absolute Gasteiger partial charge is 0.312 e. The van der Waals surface area contributed by atoms with Gasteiger partial charge in [0.15, 0.2) is 5.13 Å². The Bertz CT molecular complexity index is 413. The Morgan fingerprint density at radius 2 is 2.06 bits per heavy atom. The number of thiazole rings is 1. The minimum atomic E-state index is -0.150. The first-order chi connectivity index (χ1) is 7.63. The second-order valence-corrected chi connectivity index (χ2v) is 4.52. The molecular weight excluding hydrogens is 226 g/mol. The lowest BCUT2D eigenvalue weighted by Gasteiger charge is -2.09. The van der Waals surface area contributed by atoms with Crippen molar-refractivity contribution in [2.45, 2.75) is 25.8 Å². The summed E-state index contributed by atoms with van der Waals surface area (Å²) >= 11 is 1.33. The average molecular weight is 239 g/mol. The van der Waals surface area contributed by atoms with E-state index in [0.717, 1.165) is 5.69 Å². The summed E-state index contributed by atoms with van der Waals surface area (Å²) in [5.74, 6) is -0.300. The van der Waals surface area contributed by atoms with E-state index in [1.165, 1.54) is 16.2 Å². The molecule has 1 N–H and O–H groups in total. The molecule has 1 aliphatic rings. The zero-order valence-electron chi connectivity index (χ0n) is 9.19. The molecule has 0 aromatic carbocycles. The van der Waals surface area contributed by atoms with E-state index in [9.17, 15) is 9.59 Å². The molecule has 1 saturated heterocycles. The third-order valence-corrected chi connectivity index (χ3v) is 3.47. The number of aromatic nitrogens is 1. The SMILES string of the molecule is CNC(C)c1csc(N2C(=O)CCC2=O)n1. The van der Waals surface area contributed by atoms with Gasteiger partial charge in [0.05, 0.1) is 5.69 Å². The van der Waals surface area contributed by atoms with Crippen LogP contribution in [0.5, 0.6) is 0 Å². The molecule has 1 fully saturated rings. The lowest BCUT2D eigenvalue weighted by molar-refractivity contribution is -0.121. The van der Waals surface area contributed by atoms with Gasteiger partial charge in [0.1, 0.15) is 0 Å². The number of carbonyl (C=O) groups is 2. The number of hydrogen-bond donors (Lipinski definition) is 1. The molecule has 0 spiro atoms. The van der Waals surface area contributed by atoms with Crippen molar-refractivity contribution in [1.29, 1.82) is 0 Å². The summed E-state index contributed by atoms with van der Waals surface area (Å²) in [7, 11) is 1.84. The van der Waals surface area contributed by atoms with Crippen LogP contribution in [0.1, 0.15) is 31.5 Å². The number of carbonyl (C=O) groups excluding carboxylic acids is 2. The molecule has 0 bridgehead atoms. The van der Waals surface area contributed by atoms with Crippen molar-refractivity contribution in [3.63, 3.8) is 0 Å². The first kappa shape index (κ1) is 11.2. The fourth-order valence-electron chi connectivity index (χ4n) is 1.52. The summed E-state index contributed by atoms with van der Waals surface area (Å²) in [5, 5.41) is 5.42. The molecule has 1 unspecified atom stereocenters. The van der Waals surface area contributed by atoms with Gasteiger partial charge in [-0.25, -0.2) is 9.88 Å². The zero-order valence-corrected chi connectivity index (χ0v) is 10.0. The topological polar surface area (TPSA) is 62.3 Å². The van der Waals surface area contributed by atoms with Crippen LogP contribution in [0, 0.1) is 0 Å². The number of hydrogen-bond acceptors (Lipinski definition) is 5. The van der Waals surface area contributed by atoms with Crippen molar-refractivity contribution in [3.8, 4) is 0 Å². The molecule has 1 aromatic heterocycles. The number of imide groups is 1. The lowest BCUT2D eigenvalue weighted by atomic mass is 10.3. The van der Waals surface area contributed by atoms with E-state index in [1.54, 1.807) is 0 Å². The minimum Gasteiger partial charge on any atom is -0.312 e. The maximum Gasteiger partial charge on any atom is 0.236 e. The molecule has 1 aliphatic heterocycles. The Kier molecular flexibility index (Phi) is 3.02. The maximum atomic E-state index is 11.5. The Labute approximate surface area is 97.5 Å². The molecule has 2 amide bonds. The van der Waals surface area contributed by atoms with Crippen LogP contribution in [-0.2, 0) is 9.59 Å². The van der Waals surface area contributed by atoms with Crippen LogP contribution in [0.25, 0.3) is 0 Å². The molecule has 1 atom stereocenters. The first-order valence-electron chi connectivity index (χ1n) is 5.12. The van der Waals surface area contributed by atoms with E-state index in [0.29, 0.717) is 18.0 Å². The van der Waals surface area contributed by atoms with Gasteiger partial charge in [0.25, 0.3) is 0 Å². The Hall–Kier alpha value is -1.27. The average Bonchev–Trinajstić information content (AvgIpc) is 2.85. The summed E-state index contributed by atoms with van der Waals surface area (Å²) in [6.45, 7) is 1.98. The molecule has 0 radical (unpaired) electrons. The van der Waals surface area contributed by atoms with Gasteiger partial charge in [-0.2, -0.15) is 0 Å². The van der Waals surface area contributed by atoms with Crippen LogP contribution in [0.15, 0.2) is 5.38 Å². The summed E-state index contributed by atoms with van der Waals surface area (Å²) in [6, 6.07) is 0.123. The summed E-state index contributed by atoms with van der Waals surface area (Å²) in [6.07, 6.45) is 0.602. The molecule has 6 heteroatoms. The second-order valence-electron chi connectivity index (χ2n) is 3.69. The molecule has 2 rings (SSSR count). The molecular formula is C10H13N3O2S. The van der Waals surface area contributed by atoms with Gasteiger partial charge in [-0.15, -0.1) is 11.3 Å². The van der Waals surface area contributed by atoms with Crippen molar-refractivity contribution in [3.05, 3.63) is 11.1 Å². The Morgan fingerprint density at radius 1 is 1.44 bits per heavy atom. The third kappa shape index (κ3) is 1.85. The highest BCUT2D eigenvalue weighted by molar-refractivity contribution is 7.14. The molecule has 0 aliphatic carbocycles. The standard InChI is InChI=1S/C10H13N3O2S/c1-6(11-2)7-5-16-10(12-7)13-8(14)3-4-9(13)15/h5-6,11H,3-4H2,1-2H3. The van der Waals surface area contributed by atoms with Gasteiger partial charge in [-0.05, 0) is 14.0 Å². The quantitative estimate of drug-likeness (QED) is 0.802. The van der Waals surface area contributed by atoms with E-state index in [4.69, 9.17) is 0 Å². The van der Waals surface area contributed by atoms with Crippen molar-refractivity contribution >= 4 is 28.3 Å². The third-order valence-electron chi connectivity index (χ3n) is 2.63. The zero-order chi connectivity index (χ0) is 11.7. The number of nitrogens with zero attached hydrogens (tertiary/aromatic N) is 2. The summed E-state index contributed by atoms with van der Waals surface area (Å²) in [4.78, 5) is 28.5. The fourth-order valence-corrected chi connectivity index (χ4v) is 2.47. The van der Waals surface area contributed by atoms with Crippen molar-refractivity contribution in [1.82, 2.24) is 10.3 Å². The van der Waals surface area contributed by atoms with E-state index >= 15 is 0 Å². The molecule has 0 saturated carbocycles. The predicted octanol–water partition coefficient (Wildman–Crippen LogP) is 1.08. The highest BCUT2D eigenvalue weighted by Crippen LogP contribution is 2.28. The van der Waals surface area contributed by atoms with Gasteiger partial charge in [-0.3, -0.25) is 9.59 Å². The fraction of sp³-hybridized carbons (Fsp3) is 0.500. The summed E-state index contributed by atoms with van der Waals surface area (Å²) < 4.78 is 0.